The van der Waals surface area contributed by atoms with Gasteiger partial charge in [-0.25, -0.2) is 0 Å². The Kier molecular flexibility index (Phi) is 9.10. The van der Waals surface area contributed by atoms with E-state index in [0.717, 1.165) is 11.8 Å². The van der Waals surface area contributed by atoms with Crippen LogP contribution in [0.3, 0.4) is 0 Å². The molecule has 0 N–H and O–H groups in total. The Morgan fingerprint density at radius 2 is 1.77 bits per heavy atom. The molecule has 0 bridgehead atoms. The first-order chi connectivity index (χ1) is 6.22. The molecule has 0 aromatic heterocycles. The molecule has 0 amide bonds. The number of hydrogen-bond acceptors (Lipinski definition) is 2. The summed E-state index contributed by atoms with van der Waals surface area (Å²) in [6, 6.07) is 0.741. The van der Waals surface area contributed by atoms with E-state index in [1.165, 1.54) is 38.6 Å². The van der Waals surface area contributed by atoms with E-state index >= 15 is 0 Å². The largest absolute Gasteiger partial charge is 0.304 e. The lowest BCUT2D eigenvalue weighted by Gasteiger charge is -2.23. The van der Waals surface area contributed by atoms with E-state index in [9.17, 15) is 0 Å². The second-order valence-corrected chi connectivity index (χ2v) is 4.32. The lowest BCUT2D eigenvalue weighted by molar-refractivity contribution is 0.246. The maximum Gasteiger partial charge on any atom is 0.00612 e. The van der Waals surface area contributed by atoms with E-state index in [1.54, 1.807) is 0 Å². The van der Waals surface area contributed by atoms with Gasteiger partial charge in [0.05, 0.1) is 0 Å². The van der Waals surface area contributed by atoms with Crippen LogP contribution >= 0.6 is 12.6 Å². The number of nitrogens with zero attached hydrogens (tertiary/aromatic N) is 1. The van der Waals surface area contributed by atoms with Crippen molar-refractivity contribution in [2.45, 2.75) is 52.0 Å². The van der Waals surface area contributed by atoms with Crippen molar-refractivity contribution >= 4 is 12.6 Å². The zero-order valence-corrected chi connectivity index (χ0v) is 10.3. The third-order valence-corrected chi connectivity index (χ3v) is 3.08. The van der Waals surface area contributed by atoms with Crippen molar-refractivity contribution in [3.8, 4) is 0 Å². The normalized spacial score (nSPS) is 13.6. The van der Waals surface area contributed by atoms with Crippen molar-refractivity contribution in [2.24, 2.45) is 0 Å². The van der Waals surface area contributed by atoms with Gasteiger partial charge in [-0.15, -0.1) is 0 Å². The van der Waals surface area contributed by atoms with Crippen molar-refractivity contribution in [3.05, 3.63) is 0 Å². The van der Waals surface area contributed by atoms with Gasteiger partial charge in [-0.05, 0) is 45.5 Å². The molecule has 1 nitrogen and oxygen atoms in total. The first-order valence-electron chi connectivity index (χ1n) is 5.53. The summed E-state index contributed by atoms with van der Waals surface area (Å²) in [5.41, 5.74) is 0. The summed E-state index contributed by atoms with van der Waals surface area (Å²) in [4.78, 5) is 2.46. The average Bonchev–Trinajstić information content (AvgIpc) is 2.16. The fourth-order valence-electron chi connectivity index (χ4n) is 1.36. The molecule has 0 radical (unpaired) electrons. The van der Waals surface area contributed by atoms with Gasteiger partial charge in [0, 0.05) is 6.04 Å². The number of rotatable bonds is 8. The number of hydrogen-bond donors (Lipinski definition) is 1. The minimum absolute atomic E-state index is 0.741. The van der Waals surface area contributed by atoms with Crippen molar-refractivity contribution in [3.63, 3.8) is 0 Å². The van der Waals surface area contributed by atoms with E-state index in [0.29, 0.717) is 0 Å². The molecule has 0 saturated heterocycles. The number of unbranched alkanes of at least 4 members (excludes halogenated alkanes) is 3. The molecule has 0 saturated carbocycles. The highest BCUT2D eigenvalue weighted by Gasteiger charge is 2.04. The smallest absolute Gasteiger partial charge is 0.00612 e. The third kappa shape index (κ3) is 7.39. The lowest BCUT2D eigenvalue weighted by Crippen LogP contribution is -2.29. The van der Waals surface area contributed by atoms with Gasteiger partial charge in [0.25, 0.3) is 0 Å². The van der Waals surface area contributed by atoms with Crippen LogP contribution in [0.25, 0.3) is 0 Å². The van der Waals surface area contributed by atoms with Gasteiger partial charge < -0.3 is 4.90 Å². The minimum atomic E-state index is 0.741. The van der Waals surface area contributed by atoms with E-state index in [4.69, 9.17) is 0 Å². The molecule has 0 aromatic rings. The van der Waals surface area contributed by atoms with Crippen LogP contribution in [0, 0.1) is 0 Å². The molecule has 0 fully saturated rings. The van der Waals surface area contributed by atoms with Crippen LogP contribution in [0.1, 0.15) is 46.0 Å². The minimum Gasteiger partial charge on any atom is -0.304 e. The second-order valence-electron chi connectivity index (χ2n) is 3.88. The SMILES string of the molecule is CCC(C)N(C)CCCCCCS. The van der Waals surface area contributed by atoms with Gasteiger partial charge in [-0.1, -0.05) is 19.8 Å². The summed E-state index contributed by atoms with van der Waals surface area (Å²) in [6.45, 7) is 5.80. The third-order valence-electron chi connectivity index (χ3n) is 2.76. The Morgan fingerprint density at radius 3 is 2.31 bits per heavy atom. The Hall–Kier alpha value is 0.310. The summed E-state index contributed by atoms with van der Waals surface area (Å²) >= 11 is 4.20. The zero-order valence-electron chi connectivity index (χ0n) is 9.42. The maximum atomic E-state index is 4.20. The Morgan fingerprint density at radius 1 is 1.15 bits per heavy atom. The second kappa shape index (κ2) is 8.89. The summed E-state index contributed by atoms with van der Waals surface area (Å²) < 4.78 is 0. The highest BCUT2D eigenvalue weighted by Crippen LogP contribution is 2.05. The van der Waals surface area contributed by atoms with Crippen LogP contribution < -0.4 is 0 Å². The van der Waals surface area contributed by atoms with Crippen molar-refractivity contribution in [1.29, 1.82) is 0 Å². The molecule has 13 heavy (non-hydrogen) atoms. The summed E-state index contributed by atoms with van der Waals surface area (Å²) in [5, 5.41) is 0. The Bertz CT molecular complexity index is 106. The van der Waals surface area contributed by atoms with E-state index in [2.05, 4.69) is 38.4 Å². The Labute approximate surface area is 89.3 Å². The van der Waals surface area contributed by atoms with Crippen LogP contribution in [0.4, 0.5) is 0 Å². The van der Waals surface area contributed by atoms with Crippen molar-refractivity contribution in [1.82, 2.24) is 4.90 Å². The maximum absolute atomic E-state index is 4.20. The molecular weight excluding hydrogens is 178 g/mol. The van der Waals surface area contributed by atoms with Crippen molar-refractivity contribution < 1.29 is 0 Å². The topological polar surface area (TPSA) is 3.24 Å². The fourth-order valence-corrected chi connectivity index (χ4v) is 1.58. The highest BCUT2D eigenvalue weighted by molar-refractivity contribution is 7.80. The van der Waals surface area contributed by atoms with Crippen LogP contribution in [0.2, 0.25) is 0 Å². The molecule has 1 unspecified atom stereocenters. The van der Waals surface area contributed by atoms with Crippen LogP contribution in [-0.2, 0) is 0 Å². The highest BCUT2D eigenvalue weighted by atomic mass is 32.1. The van der Waals surface area contributed by atoms with E-state index in [-0.39, 0.29) is 0 Å². The van der Waals surface area contributed by atoms with Gasteiger partial charge in [-0.2, -0.15) is 12.6 Å². The van der Waals surface area contributed by atoms with Gasteiger partial charge >= 0.3 is 0 Å². The van der Waals surface area contributed by atoms with Crippen LogP contribution in [-0.4, -0.2) is 30.3 Å². The molecule has 0 heterocycles. The average molecular weight is 203 g/mol. The molecule has 0 spiro atoms. The molecule has 0 aliphatic rings. The van der Waals surface area contributed by atoms with E-state index in [1.807, 2.05) is 0 Å². The first kappa shape index (κ1) is 13.3. The number of thiol groups is 1. The molecule has 1 atom stereocenters. The predicted molar refractivity (Wildman–Crippen MR) is 64.7 cm³/mol. The standard InChI is InChI=1S/C11H25NS/c1-4-11(2)12(3)9-7-5-6-8-10-13/h11,13H,4-10H2,1-3H3. The summed E-state index contributed by atoms with van der Waals surface area (Å²) in [6.07, 6.45) is 6.58. The fraction of sp³-hybridized carbons (Fsp3) is 1.00. The molecule has 0 aliphatic carbocycles. The van der Waals surface area contributed by atoms with Crippen LogP contribution in [0.15, 0.2) is 0 Å². The molecular formula is C11H25NS. The summed E-state index contributed by atoms with van der Waals surface area (Å²) in [7, 11) is 2.23. The molecule has 80 valence electrons. The van der Waals surface area contributed by atoms with Gasteiger partial charge in [0.1, 0.15) is 0 Å². The quantitative estimate of drug-likeness (QED) is 0.468. The zero-order chi connectivity index (χ0) is 10.1. The van der Waals surface area contributed by atoms with Gasteiger partial charge in [0.15, 0.2) is 0 Å². The Balaban J connectivity index is 3.21. The summed E-state index contributed by atoms with van der Waals surface area (Å²) in [5.74, 6) is 1.04. The molecule has 0 aromatic carbocycles. The lowest BCUT2D eigenvalue weighted by atomic mass is 10.1. The predicted octanol–water partition coefficient (Wildman–Crippen LogP) is 3.21. The first-order valence-corrected chi connectivity index (χ1v) is 6.16. The van der Waals surface area contributed by atoms with Gasteiger partial charge in [0.2, 0.25) is 0 Å². The molecule has 0 rings (SSSR count). The van der Waals surface area contributed by atoms with Crippen LogP contribution in [0.5, 0.6) is 0 Å². The van der Waals surface area contributed by atoms with E-state index < -0.39 is 0 Å². The monoisotopic (exact) mass is 203 g/mol. The molecule has 0 aliphatic heterocycles. The molecule has 2 heteroatoms. The van der Waals surface area contributed by atoms with Gasteiger partial charge in [-0.3, -0.25) is 0 Å². The van der Waals surface area contributed by atoms with Crippen molar-refractivity contribution in [2.75, 3.05) is 19.3 Å².